The normalized spacial score (nSPS) is 10.1. The maximum absolute atomic E-state index is 11.9. The molecule has 1 heterocycles. The van der Waals surface area contributed by atoms with Gasteiger partial charge in [-0.2, -0.15) is 0 Å². The van der Waals surface area contributed by atoms with Crippen LogP contribution in [0.15, 0.2) is 30.6 Å². The van der Waals surface area contributed by atoms with Crippen LogP contribution in [0.1, 0.15) is 10.4 Å². The van der Waals surface area contributed by atoms with E-state index in [2.05, 4.69) is 15.3 Å². The number of anilines is 2. The topological polar surface area (TPSA) is 80.9 Å². The van der Waals surface area contributed by atoms with Crippen molar-refractivity contribution in [1.29, 1.82) is 0 Å². The first-order chi connectivity index (χ1) is 8.58. The Balaban J connectivity index is 2.21. The van der Waals surface area contributed by atoms with Gasteiger partial charge in [-0.1, -0.05) is 23.2 Å². The molecule has 2 aromatic rings. The van der Waals surface area contributed by atoms with Crippen LogP contribution >= 0.6 is 23.2 Å². The molecule has 7 heteroatoms. The van der Waals surface area contributed by atoms with Gasteiger partial charge in [-0.15, -0.1) is 0 Å². The molecule has 0 radical (unpaired) electrons. The van der Waals surface area contributed by atoms with Crippen molar-refractivity contribution in [1.82, 2.24) is 9.97 Å². The third kappa shape index (κ3) is 2.69. The molecule has 5 nitrogen and oxygen atoms in total. The number of nitrogens with two attached hydrogens (primary N) is 1. The van der Waals surface area contributed by atoms with Gasteiger partial charge in [0.1, 0.15) is 11.3 Å². The Bertz CT molecular complexity index is 586. The van der Waals surface area contributed by atoms with Crippen molar-refractivity contribution in [2.75, 3.05) is 11.1 Å². The number of hydrogen-bond acceptors (Lipinski definition) is 4. The van der Waals surface area contributed by atoms with Gasteiger partial charge in [-0.05, 0) is 24.3 Å². The second kappa shape index (κ2) is 5.20. The summed E-state index contributed by atoms with van der Waals surface area (Å²) in [6, 6.07) is 6.45. The van der Waals surface area contributed by atoms with Gasteiger partial charge in [-0.25, -0.2) is 9.97 Å². The smallest absolute Gasteiger partial charge is 0.256 e. The second-order valence-corrected chi connectivity index (χ2v) is 4.14. The van der Waals surface area contributed by atoms with Crippen LogP contribution in [0.4, 0.5) is 11.5 Å². The Morgan fingerprint density at radius 3 is 2.50 bits per heavy atom. The van der Waals surface area contributed by atoms with E-state index in [4.69, 9.17) is 28.9 Å². The van der Waals surface area contributed by atoms with E-state index in [1.54, 1.807) is 24.3 Å². The molecule has 1 aromatic heterocycles. The number of nitrogen functional groups attached to an aromatic ring is 1. The van der Waals surface area contributed by atoms with Gasteiger partial charge >= 0.3 is 0 Å². The second-order valence-electron chi connectivity index (χ2n) is 3.40. The number of aromatic nitrogens is 2. The first-order valence-corrected chi connectivity index (χ1v) is 5.66. The molecule has 0 aliphatic rings. The van der Waals surface area contributed by atoms with Crippen LogP contribution < -0.4 is 11.1 Å². The average Bonchev–Trinajstić information content (AvgIpc) is 2.36. The molecule has 0 saturated carbocycles. The molecule has 92 valence electrons. The van der Waals surface area contributed by atoms with Crippen molar-refractivity contribution in [3.05, 3.63) is 46.3 Å². The van der Waals surface area contributed by atoms with Crippen LogP contribution in [0.5, 0.6) is 0 Å². The summed E-state index contributed by atoms with van der Waals surface area (Å²) in [5.41, 5.74) is 6.55. The average molecular weight is 283 g/mol. The van der Waals surface area contributed by atoms with Crippen molar-refractivity contribution in [3.63, 3.8) is 0 Å². The van der Waals surface area contributed by atoms with Crippen LogP contribution in [0.3, 0.4) is 0 Å². The predicted molar refractivity (Wildman–Crippen MR) is 70.9 cm³/mol. The van der Waals surface area contributed by atoms with Crippen LogP contribution in [0.25, 0.3) is 0 Å². The number of rotatable bonds is 2. The number of carbonyl (C=O) groups is 1. The molecule has 0 bridgehead atoms. The summed E-state index contributed by atoms with van der Waals surface area (Å²) in [4.78, 5) is 19.4. The third-order valence-corrected chi connectivity index (χ3v) is 2.89. The minimum atomic E-state index is -0.355. The maximum atomic E-state index is 11.9. The van der Waals surface area contributed by atoms with Crippen LogP contribution in [-0.2, 0) is 0 Å². The standard InChI is InChI=1S/C11H8Cl2N4O/c12-8-9(13)15-5-16-10(8)17-11(18)6-1-3-7(14)4-2-6/h1-5H,14H2,(H,15,16,17,18). The monoisotopic (exact) mass is 282 g/mol. The summed E-state index contributed by atoms with van der Waals surface area (Å²) in [6.45, 7) is 0. The molecule has 0 fully saturated rings. The highest BCUT2D eigenvalue weighted by atomic mass is 35.5. The lowest BCUT2D eigenvalue weighted by molar-refractivity contribution is 0.102. The number of nitrogens with zero attached hydrogens (tertiary/aromatic N) is 2. The Morgan fingerprint density at radius 1 is 1.17 bits per heavy atom. The van der Waals surface area contributed by atoms with E-state index in [0.717, 1.165) is 0 Å². The zero-order chi connectivity index (χ0) is 13.1. The molecule has 3 N–H and O–H groups in total. The molecule has 0 aliphatic heterocycles. The van der Waals surface area contributed by atoms with Crippen LogP contribution in [0, 0.1) is 0 Å². The number of amides is 1. The molecule has 0 unspecified atom stereocenters. The zero-order valence-corrected chi connectivity index (χ0v) is 10.5. The summed E-state index contributed by atoms with van der Waals surface area (Å²) in [6.07, 6.45) is 1.22. The van der Waals surface area contributed by atoms with E-state index >= 15 is 0 Å². The number of halogens is 2. The van der Waals surface area contributed by atoms with Crippen molar-refractivity contribution >= 4 is 40.6 Å². The summed E-state index contributed by atoms with van der Waals surface area (Å²) in [5.74, 6) is -0.190. The Kier molecular flexibility index (Phi) is 3.64. The first kappa shape index (κ1) is 12.6. The van der Waals surface area contributed by atoms with Crippen LogP contribution in [-0.4, -0.2) is 15.9 Å². The molecule has 2 rings (SSSR count). The molecule has 0 aliphatic carbocycles. The van der Waals surface area contributed by atoms with Crippen molar-refractivity contribution in [3.8, 4) is 0 Å². The quantitative estimate of drug-likeness (QED) is 0.655. The van der Waals surface area contributed by atoms with E-state index in [1.807, 2.05) is 0 Å². The first-order valence-electron chi connectivity index (χ1n) is 4.91. The fourth-order valence-corrected chi connectivity index (χ4v) is 1.53. The van der Waals surface area contributed by atoms with E-state index in [9.17, 15) is 4.79 Å². The SMILES string of the molecule is Nc1ccc(C(=O)Nc2ncnc(Cl)c2Cl)cc1. The van der Waals surface area contributed by atoms with Crippen molar-refractivity contribution < 1.29 is 4.79 Å². The summed E-state index contributed by atoms with van der Waals surface area (Å²) < 4.78 is 0. The molecule has 0 spiro atoms. The van der Waals surface area contributed by atoms with Gasteiger partial charge in [0.05, 0.1) is 0 Å². The minimum Gasteiger partial charge on any atom is -0.399 e. The van der Waals surface area contributed by atoms with E-state index in [0.29, 0.717) is 11.3 Å². The molecule has 1 amide bonds. The highest BCUT2D eigenvalue weighted by molar-refractivity contribution is 6.43. The van der Waals surface area contributed by atoms with E-state index in [1.165, 1.54) is 6.33 Å². The maximum Gasteiger partial charge on any atom is 0.256 e. The Labute approximate surface area is 113 Å². The number of nitrogens with one attached hydrogen (secondary N) is 1. The molecular weight excluding hydrogens is 275 g/mol. The number of hydrogen-bond donors (Lipinski definition) is 2. The number of benzene rings is 1. The Morgan fingerprint density at radius 2 is 1.83 bits per heavy atom. The summed E-state index contributed by atoms with van der Waals surface area (Å²) in [7, 11) is 0. The highest BCUT2D eigenvalue weighted by Crippen LogP contribution is 2.25. The largest absolute Gasteiger partial charge is 0.399 e. The van der Waals surface area contributed by atoms with Gasteiger partial charge in [0.25, 0.3) is 5.91 Å². The molecule has 0 saturated heterocycles. The van der Waals surface area contributed by atoms with Crippen LogP contribution in [0.2, 0.25) is 10.2 Å². The van der Waals surface area contributed by atoms with Gasteiger partial charge in [0.15, 0.2) is 11.0 Å². The lowest BCUT2D eigenvalue weighted by Crippen LogP contribution is -2.13. The van der Waals surface area contributed by atoms with Gasteiger partial charge < -0.3 is 11.1 Å². The zero-order valence-electron chi connectivity index (χ0n) is 9.02. The minimum absolute atomic E-state index is 0.0827. The van der Waals surface area contributed by atoms with E-state index < -0.39 is 0 Å². The third-order valence-electron chi connectivity index (χ3n) is 2.15. The predicted octanol–water partition coefficient (Wildman–Crippen LogP) is 2.62. The molecular formula is C11H8Cl2N4O. The van der Waals surface area contributed by atoms with Gasteiger partial charge in [0.2, 0.25) is 0 Å². The van der Waals surface area contributed by atoms with Crippen molar-refractivity contribution in [2.45, 2.75) is 0 Å². The fraction of sp³-hybridized carbons (Fsp3) is 0. The number of carbonyl (C=O) groups excluding carboxylic acids is 1. The van der Waals surface area contributed by atoms with Crippen molar-refractivity contribution in [2.24, 2.45) is 0 Å². The lowest BCUT2D eigenvalue weighted by Gasteiger charge is -2.06. The molecule has 18 heavy (non-hydrogen) atoms. The molecule has 0 atom stereocenters. The highest BCUT2D eigenvalue weighted by Gasteiger charge is 2.11. The summed E-state index contributed by atoms with van der Waals surface area (Å²) >= 11 is 11.6. The Hall–Kier alpha value is -1.85. The summed E-state index contributed by atoms with van der Waals surface area (Å²) in [5, 5.41) is 2.72. The fourth-order valence-electron chi connectivity index (χ4n) is 1.25. The molecule has 1 aromatic carbocycles. The van der Waals surface area contributed by atoms with Gasteiger partial charge in [0, 0.05) is 11.3 Å². The lowest BCUT2D eigenvalue weighted by atomic mass is 10.2. The van der Waals surface area contributed by atoms with E-state index in [-0.39, 0.29) is 21.9 Å². The van der Waals surface area contributed by atoms with Gasteiger partial charge in [-0.3, -0.25) is 4.79 Å².